The average Bonchev–Trinajstić information content (AvgIpc) is 2.77. The van der Waals surface area contributed by atoms with E-state index < -0.39 is 11.4 Å². The van der Waals surface area contributed by atoms with Gasteiger partial charge in [0.05, 0.1) is 31.8 Å². The monoisotopic (exact) mass is 422 g/mol. The molecular weight excluding hydrogens is 396 g/mol. The summed E-state index contributed by atoms with van der Waals surface area (Å²) in [5, 5.41) is 10.5. The van der Waals surface area contributed by atoms with Crippen molar-refractivity contribution in [1.29, 1.82) is 0 Å². The molecule has 0 saturated heterocycles. The van der Waals surface area contributed by atoms with Crippen molar-refractivity contribution in [2.45, 2.75) is 44.1 Å². The van der Waals surface area contributed by atoms with E-state index in [1.807, 2.05) is 0 Å². The highest BCUT2D eigenvalue weighted by Gasteiger charge is 2.41. The van der Waals surface area contributed by atoms with Gasteiger partial charge in [-0.2, -0.15) is 0 Å². The lowest BCUT2D eigenvalue weighted by Crippen LogP contribution is -2.43. The molecule has 162 valence electrons. The number of hydrogen-bond acceptors (Lipinski definition) is 6. The van der Waals surface area contributed by atoms with Gasteiger partial charge in [-0.15, -0.1) is 0 Å². The van der Waals surface area contributed by atoms with Gasteiger partial charge < -0.3 is 19.3 Å². The minimum atomic E-state index is -0.467. The highest BCUT2D eigenvalue weighted by molar-refractivity contribution is 6.11. The molecule has 2 aromatic rings. The molecule has 0 radical (unpaired) electrons. The Morgan fingerprint density at radius 3 is 2.58 bits per heavy atom. The number of benzene rings is 2. The molecule has 6 nitrogen and oxygen atoms in total. The van der Waals surface area contributed by atoms with E-state index in [2.05, 4.69) is 0 Å². The molecule has 2 aliphatic rings. The van der Waals surface area contributed by atoms with Crippen LogP contribution in [0, 0.1) is 0 Å². The van der Waals surface area contributed by atoms with Crippen LogP contribution in [0.15, 0.2) is 36.4 Å². The van der Waals surface area contributed by atoms with Crippen LogP contribution < -0.4 is 14.2 Å². The standard InChI is InChI=1S/C25H26O6/c1-29-17-8-6-16(23(12-17)30-2)7-9-20(26)18-13-19-22(28)15-25(10-4-3-5-11-25)31-24(19)14-21(18)27/h6-9,12-14,27H,3-5,10-11,15H2,1-2H3/b9-7+. The van der Waals surface area contributed by atoms with E-state index in [9.17, 15) is 14.7 Å². The fourth-order valence-corrected chi connectivity index (χ4v) is 4.41. The summed E-state index contributed by atoms with van der Waals surface area (Å²) in [7, 11) is 3.10. The minimum absolute atomic E-state index is 0.0435. The van der Waals surface area contributed by atoms with E-state index in [1.165, 1.54) is 25.3 Å². The number of carbonyl (C=O) groups is 2. The number of aromatic hydroxyl groups is 1. The zero-order chi connectivity index (χ0) is 22.0. The second-order valence-electron chi connectivity index (χ2n) is 8.12. The van der Waals surface area contributed by atoms with Gasteiger partial charge in [-0.3, -0.25) is 9.59 Å². The van der Waals surface area contributed by atoms with E-state index in [1.54, 1.807) is 31.4 Å². The lowest BCUT2D eigenvalue weighted by atomic mass is 9.78. The van der Waals surface area contributed by atoms with Gasteiger partial charge in [0, 0.05) is 17.7 Å². The smallest absolute Gasteiger partial charge is 0.189 e. The molecule has 1 saturated carbocycles. The largest absolute Gasteiger partial charge is 0.507 e. The zero-order valence-corrected chi connectivity index (χ0v) is 17.8. The van der Waals surface area contributed by atoms with Crippen LogP contribution in [0.1, 0.15) is 64.8 Å². The molecule has 0 atom stereocenters. The number of rotatable bonds is 5. The number of phenols is 1. The molecule has 0 aromatic heterocycles. The third-order valence-electron chi connectivity index (χ3n) is 6.09. The van der Waals surface area contributed by atoms with E-state index in [-0.39, 0.29) is 17.1 Å². The van der Waals surface area contributed by atoms with E-state index in [0.717, 1.165) is 32.1 Å². The van der Waals surface area contributed by atoms with Crippen LogP contribution in [0.4, 0.5) is 0 Å². The van der Waals surface area contributed by atoms with E-state index in [4.69, 9.17) is 14.2 Å². The highest BCUT2D eigenvalue weighted by atomic mass is 16.5. The quantitative estimate of drug-likeness (QED) is 0.541. The van der Waals surface area contributed by atoms with Crippen molar-refractivity contribution in [3.05, 3.63) is 53.1 Å². The predicted octanol–water partition coefficient (Wildman–Crippen LogP) is 4.97. The lowest BCUT2D eigenvalue weighted by Gasteiger charge is -2.40. The molecule has 1 fully saturated rings. The first kappa shape index (κ1) is 21.0. The van der Waals surface area contributed by atoms with Gasteiger partial charge in [0.15, 0.2) is 11.6 Å². The van der Waals surface area contributed by atoms with Crippen LogP contribution in [0.25, 0.3) is 6.08 Å². The molecule has 1 spiro atoms. The second kappa shape index (κ2) is 8.46. The average molecular weight is 422 g/mol. The van der Waals surface area contributed by atoms with Crippen molar-refractivity contribution in [3.8, 4) is 23.0 Å². The Morgan fingerprint density at radius 2 is 1.87 bits per heavy atom. The Kier molecular flexibility index (Phi) is 5.72. The van der Waals surface area contributed by atoms with Crippen molar-refractivity contribution < 1.29 is 28.9 Å². The number of allylic oxidation sites excluding steroid dienone is 1. The van der Waals surface area contributed by atoms with Crippen molar-refractivity contribution in [3.63, 3.8) is 0 Å². The van der Waals surface area contributed by atoms with Crippen molar-refractivity contribution in [1.82, 2.24) is 0 Å². The lowest BCUT2D eigenvalue weighted by molar-refractivity contribution is 0.0135. The third kappa shape index (κ3) is 4.15. The van der Waals surface area contributed by atoms with Crippen molar-refractivity contribution in [2.75, 3.05) is 14.2 Å². The Labute approximate surface area is 181 Å². The second-order valence-corrected chi connectivity index (χ2v) is 8.12. The summed E-state index contributed by atoms with van der Waals surface area (Å²) >= 11 is 0. The molecule has 4 rings (SSSR count). The first-order chi connectivity index (χ1) is 14.9. The van der Waals surface area contributed by atoms with Gasteiger partial charge in [-0.25, -0.2) is 0 Å². The third-order valence-corrected chi connectivity index (χ3v) is 6.09. The number of hydrogen-bond donors (Lipinski definition) is 1. The highest BCUT2D eigenvalue weighted by Crippen LogP contribution is 2.43. The van der Waals surface area contributed by atoms with E-state index in [0.29, 0.717) is 34.8 Å². The Balaban J connectivity index is 1.60. The first-order valence-corrected chi connectivity index (χ1v) is 10.5. The summed E-state index contributed by atoms with van der Waals surface area (Å²) in [6.45, 7) is 0. The number of ketones is 2. The molecule has 0 bridgehead atoms. The van der Waals surface area contributed by atoms with Crippen LogP contribution in [0.2, 0.25) is 0 Å². The van der Waals surface area contributed by atoms with Crippen LogP contribution in [-0.4, -0.2) is 36.5 Å². The first-order valence-electron chi connectivity index (χ1n) is 10.5. The topological polar surface area (TPSA) is 82.1 Å². The van der Waals surface area contributed by atoms with Gasteiger partial charge in [0.2, 0.25) is 0 Å². The van der Waals surface area contributed by atoms with Crippen molar-refractivity contribution >= 4 is 17.6 Å². The molecule has 2 aromatic carbocycles. The predicted molar refractivity (Wildman–Crippen MR) is 116 cm³/mol. The number of Topliss-reactive ketones (excluding diaryl/α,β-unsaturated/α-hetero) is 1. The number of ether oxygens (including phenoxy) is 3. The van der Waals surface area contributed by atoms with Gasteiger partial charge >= 0.3 is 0 Å². The SMILES string of the molecule is COc1ccc(/C=C/C(=O)c2cc3c(cc2O)OC2(CCCCC2)CC3=O)c(OC)c1. The summed E-state index contributed by atoms with van der Waals surface area (Å²) in [5.74, 6) is 0.909. The van der Waals surface area contributed by atoms with Crippen LogP contribution >= 0.6 is 0 Å². The molecule has 1 N–H and O–H groups in total. The number of phenolic OH excluding ortho intramolecular Hbond substituents is 1. The molecule has 1 aliphatic heterocycles. The normalized spacial score (nSPS) is 17.3. The van der Waals surface area contributed by atoms with Crippen LogP contribution in [-0.2, 0) is 0 Å². The zero-order valence-electron chi connectivity index (χ0n) is 17.8. The minimum Gasteiger partial charge on any atom is -0.507 e. The Hall–Kier alpha value is -3.28. The fraction of sp³-hybridized carbons (Fsp3) is 0.360. The van der Waals surface area contributed by atoms with Crippen LogP contribution in [0.5, 0.6) is 23.0 Å². The molecule has 0 unspecified atom stereocenters. The summed E-state index contributed by atoms with van der Waals surface area (Å²) in [6, 6.07) is 8.10. The van der Waals surface area contributed by atoms with Gasteiger partial charge in [-0.1, -0.05) is 6.42 Å². The van der Waals surface area contributed by atoms with Gasteiger partial charge in [-0.05, 0) is 56.0 Å². The fourth-order valence-electron chi connectivity index (χ4n) is 4.41. The summed E-state index contributed by atoms with van der Waals surface area (Å²) in [4.78, 5) is 25.6. The summed E-state index contributed by atoms with van der Waals surface area (Å²) < 4.78 is 16.7. The number of methoxy groups -OCH3 is 2. The maximum absolute atomic E-state index is 12.8. The Morgan fingerprint density at radius 1 is 1.10 bits per heavy atom. The van der Waals surface area contributed by atoms with Gasteiger partial charge in [0.25, 0.3) is 0 Å². The molecule has 1 aliphatic carbocycles. The number of carbonyl (C=O) groups excluding carboxylic acids is 2. The van der Waals surface area contributed by atoms with Crippen LogP contribution in [0.3, 0.4) is 0 Å². The maximum Gasteiger partial charge on any atom is 0.189 e. The molecule has 1 heterocycles. The number of fused-ring (bicyclic) bond motifs is 1. The summed E-state index contributed by atoms with van der Waals surface area (Å²) in [5.41, 5.74) is 0.644. The molecule has 6 heteroatoms. The van der Waals surface area contributed by atoms with Gasteiger partial charge in [0.1, 0.15) is 28.6 Å². The maximum atomic E-state index is 12.8. The molecule has 31 heavy (non-hydrogen) atoms. The molecular formula is C25H26O6. The molecule has 0 amide bonds. The summed E-state index contributed by atoms with van der Waals surface area (Å²) in [6.07, 6.45) is 8.17. The Bertz CT molecular complexity index is 1050. The van der Waals surface area contributed by atoms with E-state index >= 15 is 0 Å². The van der Waals surface area contributed by atoms with Crippen molar-refractivity contribution in [2.24, 2.45) is 0 Å².